The number of thiazole rings is 1. The molecule has 208 valence electrons. The summed E-state index contributed by atoms with van der Waals surface area (Å²) in [5.41, 5.74) is 2.23. The Morgan fingerprint density at radius 2 is 1.88 bits per heavy atom. The smallest absolute Gasteiger partial charge is 0.357 e. The molecule has 0 radical (unpaired) electrons. The summed E-state index contributed by atoms with van der Waals surface area (Å²) in [5, 5.41) is 6.92. The number of rotatable bonds is 8. The van der Waals surface area contributed by atoms with Crippen LogP contribution in [0.1, 0.15) is 27.7 Å². The van der Waals surface area contributed by atoms with Gasteiger partial charge >= 0.3 is 12.0 Å². The Morgan fingerprint density at radius 1 is 1.15 bits per heavy atom. The number of nitrogens with one attached hydrogen (secondary N) is 2. The van der Waals surface area contributed by atoms with Crippen LogP contribution in [0, 0.1) is 0 Å². The molecule has 1 aromatic heterocycles. The highest BCUT2D eigenvalue weighted by Crippen LogP contribution is 2.35. The Labute approximate surface area is 233 Å². The van der Waals surface area contributed by atoms with Crippen LogP contribution in [0.3, 0.4) is 0 Å². The highest BCUT2D eigenvalue weighted by Gasteiger charge is 2.45. The van der Waals surface area contributed by atoms with E-state index < -0.39 is 35.9 Å². The van der Waals surface area contributed by atoms with Gasteiger partial charge in [-0.3, -0.25) is 9.59 Å². The molecule has 2 aliphatic rings. The average Bonchev–Trinajstić information content (AvgIpc) is 3.54. The predicted molar refractivity (Wildman–Crippen MR) is 146 cm³/mol. The van der Waals surface area contributed by atoms with Gasteiger partial charge in [0.1, 0.15) is 25.3 Å². The highest BCUT2D eigenvalue weighted by molar-refractivity contribution is 7.14. The predicted octanol–water partition coefficient (Wildman–Crippen LogP) is 2.61. The van der Waals surface area contributed by atoms with E-state index in [1.165, 1.54) is 12.5 Å². The van der Waals surface area contributed by atoms with Crippen LogP contribution < -0.4 is 25.0 Å². The summed E-state index contributed by atoms with van der Waals surface area (Å²) in [5.74, 6) is -0.831. The van der Waals surface area contributed by atoms with Crippen LogP contribution in [0.4, 0.5) is 15.6 Å². The fraction of sp³-hybridized carbons (Fsp3) is 0.296. The number of anilines is 2. The number of esters is 1. The summed E-state index contributed by atoms with van der Waals surface area (Å²) in [6, 6.07) is 9.55. The molecule has 0 bridgehead atoms. The van der Waals surface area contributed by atoms with Crippen molar-refractivity contribution in [2.24, 2.45) is 0 Å². The Hall–Kier alpha value is -4.65. The zero-order valence-corrected chi connectivity index (χ0v) is 22.8. The number of hydrogen-bond acceptors (Lipinski definition) is 10. The third-order valence-corrected chi connectivity index (χ3v) is 7.25. The third-order valence-electron chi connectivity index (χ3n) is 6.50. The molecule has 2 N–H and O–H groups in total. The molecule has 40 heavy (non-hydrogen) atoms. The second kappa shape index (κ2) is 11.2. The number of fused-ring (bicyclic) bond motifs is 1. The molecule has 1 saturated heterocycles. The van der Waals surface area contributed by atoms with Crippen molar-refractivity contribution in [1.82, 2.24) is 15.2 Å². The molecule has 12 nitrogen and oxygen atoms in total. The van der Waals surface area contributed by atoms with Gasteiger partial charge in [-0.1, -0.05) is 18.2 Å². The van der Waals surface area contributed by atoms with Gasteiger partial charge in [-0.25, -0.2) is 19.5 Å². The van der Waals surface area contributed by atoms with E-state index in [0.717, 1.165) is 27.5 Å². The number of imide groups is 1. The fourth-order valence-electron chi connectivity index (χ4n) is 4.43. The summed E-state index contributed by atoms with van der Waals surface area (Å²) in [7, 11) is 5.05. The number of amides is 4. The average molecular weight is 566 g/mol. The molecule has 2 aromatic carbocycles. The SMILES string of the molecule is COC(=O)c1csc(NC(=O)C(Cc2ccc(N(C)C)cc2)N2C(=O)NC(c3ccc4c(c3)OCCO4)C2=O)n1. The Bertz CT molecular complexity index is 1460. The molecule has 1 fully saturated rings. The van der Waals surface area contributed by atoms with Gasteiger partial charge in [0.05, 0.1) is 7.11 Å². The van der Waals surface area contributed by atoms with Gasteiger partial charge in [-0.15, -0.1) is 11.3 Å². The van der Waals surface area contributed by atoms with E-state index in [-0.39, 0.29) is 17.2 Å². The quantitative estimate of drug-likeness (QED) is 0.312. The molecule has 2 aliphatic heterocycles. The monoisotopic (exact) mass is 565 g/mol. The minimum Gasteiger partial charge on any atom is -0.486 e. The molecule has 0 spiro atoms. The van der Waals surface area contributed by atoms with Gasteiger partial charge < -0.3 is 29.7 Å². The summed E-state index contributed by atoms with van der Waals surface area (Å²) in [4.78, 5) is 59.2. The van der Waals surface area contributed by atoms with Crippen LogP contribution in [0.5, 0.6) is 11.5 Å². The molecular weight excluding hydrogens is 538 g/mol. The van der Waals surface area contributed by atoms with E-state index in [1.807, 2.05) is 43.3 Å². The molecule has 2 atom stereocenters. The first-order chi connectivity index (χ1) is 19.2. The van der Waals surface area contributed by atoms with Crippen molar-refractivity contribution in [3.63, 3.8) is 0 Å². The van der Waals surface area contributed by atoms with E-state index in [2.05, 4.69) is 20.4 Å². The number of methoxy groups -OCH3 is 1. The zero-order valence-electron chi connectivity index (χ0n) is 22.0. The maximum absolute atomic E-state index is 13.7. The van der Waals surface area contributed by atoms with Crippen LogP contribution >= 0.6 is 11.3 Å². The molecule has 5 rings (SSSR count). The summed E-state index contributed by atoms with van der Waals surface area (Å²) >= 11 is 1.03. The van der Waals surface area contributed by atoms with Gasteiger partial charge in [0.25, 0.3) is 5.91 Å². The van der Waals surface area contributed by atoms with Crippen LogP contribution in [0.2, 0.25) is 0 Å². The van der Waals surface area contributed by atoms with Crippen molar-refractivity contribution >= 4 is 46.0 Å². The number of benzene rings is 2. The van der Waals surface area contributed by atoms with Crippen molar-refractivity contribution in [3.05, 3.63) is 64.7 Å². The number of urea groups is 1. The first-order valence-electron chi connectivity index (χ1n) is 12.4. The molecule has 0 saturated carbocycles. The topological polar surface area (TPSA) is 139 Å². The van der Waals surface area contributed by atoms with Crippen LogP contribution in [0.15, 0.2) is 47.8 Å². The summed E-state index contributed by atoms with van der Waals surface area (Å²) in [6.45, 7) is 0.794. The Morgan fingerprint density at radius 3 is 2.58 bits per heavy atom. The highest BCUT2D eigenvalue weighted by atomic mass is 32.1. The van der Waals surface area contributed by atoms with Gasteiger partial charge in [-0.05, 0) is 35.4 Å². The first-order valence-corrected chi connectivity index (χ1v) is 13.3. The van der Waals surface area contributed by atoms with Gasteiger partial charge in [0.2, 0.25) is 5.91 Å². The van der Waals surface area contributed by atoms with E-state index in [9.17, 15) is 19.2 Å². The second-order valence-corrected chi connectivity index (χ2v) is 10.2. The maximum atomic E-state index is 13.7. The Balaban J connectivity index is 1.43. The van der Waals surface area contributed by atoms with Gasteiger partial charge in [-0.2, -0.15) is 0 Å². The lowest BCUT2D eigenvalue weighted by atomic mass is 10.0. The maximum Gasteiger partial charge on any atom is 0.357 e. The first kappa shape index (κ1) is 26.9. The third kappa shape index (κ3) is 5.41. The number of hydrogen-bond donors (Lipinski definition) is 2. The number of ether oxygens (including phenoxy) is 3. The standard InChI is InChI=1S/C27H27N5O7S/c1-31(2)17-7-4-15(5-8-17)12-19(23(33)30-26-28-18(14-40-26)25(35)37-3)32-24(34)22(29-27(32)36)16-6-9-20-21(13-16)39-11-10-38-20/h4-9,13-14,19,22H,10-12H2,1-3H3,(H,29,36)(H,28,30,33). The summed E-state index contributed by atoms with van der Waals surface area (Å²) < 4.78 is 15.9. The molecule has 3 aromatic rings. The number of aromatic nitrogens is 1. The zero-order chi connectivity index (χ0) is 28.4. The van der Waals surface area contributed by atoms with Crippen LogP contribution in [-0.2, 0) is 20.7 Å². The van der Waals surface area contributed by atoms with E-state index in [0.29, 0.717) is 30.3 Å². The molecule has 3 heterocycles. The molecule has 4 amide bonds. The normalized spacial score (nSPS) is 16.8. The summed E-state index contributed by atoms with van der Waals surface area (Å²) in [6.07, 6.45) is 0.0573. The van der Waals surface area contributed by atoms with Crippen molar-refractivity contribution < 1.29 is 33.4 Å². The number of carbonyl (C=O) groups excluding carboxylic acids is 4. The second-order valence-electron chi connectivity index (χ2n) is 9.29. The minimum absolute atomic E-state index is 0.0345. The van der Waals surface area contributed by atoms with E-state index in [1.54, 1.807) is 18.2 Å². The molecule has 13 heteroatoms. The lowest BCUT2D eigenvalue weighted by Crippen LogP contribution is -2.49. The molecule has 0 aliphatic carbocycles. The lowest BCUT2D eigenvalue weighted by Gasteiger charge is -2.25. The van der Waals surface area contributed by atoms with E-state index >= 15 is 0 Å². The van der Waals surface area contributed by atoms with Crippen molar-refractivity contribution in [3.8, 4) is 11.5 Å². The van der Waals surface area contributed by atoms with Crippen LogP contribution in [-0.4, -0.2) is 74.2 Å². The fourth-order valence-corrected chi connectivity index (χ4v) is 5.11. The minimum atomic E-state index is -1.20. The van der Waals surface area contributed by atoms with Gasteiger partial charge in [0.15, 0.2) is 22.3 Å². The van der Waals surface area contributed by atoms with E-state index in [4.69, 9.17) is 9.47 Å². The largest absolute Gasteiger partial charge is 0.486 e. The number of carbonyl (C=O) groups is 4. The Kier molecular flexibility index (Phi) is 7.56. The number of nitrogens with zero attached hydrogens (tertiary/aromatic N) is 3. The van der Waals surface area contributed by atoms with Gasteiger partial charge in [0, 0.05) is 31.6 Å². The van der Waals surface area contributed by atoms with Crippen molar-refractivity contribution in [2.75, 3.05) is 44.6 Å². The lowest BCUT2D eigenvalue weighted by molar-refractivity contribution is -0.134. The van der Waals surface area contributed by atoms with Crippen molar-refractivity contribution in [1.29, 1.82) is 0 Å². The molecule has 2 unspecified atom stereocenters. The molecular formula is C27H27N5O7S. The van der Waals surface area contributed by atoms with Crippen LogP contribution in [0.25, 0.3) is 0 Å². The van der Waals surface area contributed by atoms with Crippen molar-refractivity contribution in [2.45, 2.75) is 18.5 Å².